The smallest absolute Gasteiger partial charge is 0.250 e. The predicted molar refractivity (Wildman–Crippen MR) is 55.2 cm³/mol. The van der Waals surface area contributed by atoms with Crippen LogP contribution in [0.5, 0.6) is 5.75 Å². The summed E-state index contributed by atoms with van der Waals surface area (Å²) in [6, 6.07) is 6.35. The van der Waals surface area contributed by atoms with Crippen LogP contribution in [0.2, 0.25) is 0 Å². The maximum absolute atomic E-state index is 11.1. The summed E-state index contributed by atoms with van der Waals surface area (Å²) in [5.74, 6) is -0.120. The zero-order valence-corrected chi connectivity index (χ0v) is 9.81. The lowest BCUT2D eigenvalue weighted by atomic mass is 10.3. The van der Waals surface area contributed by atoms with Crippen LogP contribution < -0.4 is 19.8 Å². The monoisotopic (exact) mass is 259 g/mol. The first-order valence-electron chi connectivity index (χ1n) is 4.51. The molecule has 0 fully saturated rings. The summed E-state index contributed by atoms with van der Waals surface area (Å²) in [4.78, 5) is 31.4. The molecular formula is C9H10NO6P-2. The number of benzene rings is 1. The second kappa shape index (κ2) is 5.79. The number of hydrogen-bond donors (Lipinski definition) is 1. The highest BCUT2D eigenvalue weighted by molar-refractivity contribution is 7.43. The number of phosphoric acid groups is 1. The van der Waals surface area contributed by atoms with E-state index in [9.17, 15) is 19.1 Å². The van der Waals surface area contributed by atoms with Crippen LogP contribution in [0.4, 0.5) is 5.69 Å². The molecule has 0 unspecified atom stereocenters. The fraction of sp³-hybridized carbons (Fsp3) is 0.222. The van der Waals surface area contributed by atoms with Gasteiger partial charge in [0.05, 0.1) is 14.9 Å². The van der Waals surface area contributed by atoms with E-state index in [4.69, 9.17) is 4.74 Å². The van der Waals surface area contributed by atoms with Crippen LogP contribution in [0.1, 0.15) is 0 Å². The van der Waals surface area contributed by atoms with Crippen molar-refractivity contribution in [3.8, 4) is 5.75 Å². The predicted octanol–water partition coefficient (Wildman–Crippen LogP) is -0.521. The van der Waals surface area contributed by atoms with Crippen LogP contribution in [-0.2, 0) is 13.9 Å². The number of amides is 1. The summed E-state index contributed by atoms with van der Waals surface area (Å²) < 4.78 is 18.9. The molecule has 0 aliphatic carbocycles. The Morgan fingerprint density at radius 1 is 1.35 bits per heavy atom. The zero-order valence-electron chi connectivity index (χ0n) is 8.91. The summed E-state index contributed by atoms with van der Waals surface area (Å²) in [5.41, 5.74) is 0.436. The van der Waals surface area contributed by atoms with Crippen molar-refractivity contribution in [3.05, 3.63) is 24.3 Å². The van der Waals surface area contributed by atoms with Gasteiger partial charge in [0.25, 0.3) is 5.91 Å². The van der Waals surface area contributed by atoms with Crippen LogP contribution >= 0.6 is 7.82 Å². The number of rotatable bonds is 5. The van der Waals surface area contributed by atoms with Gasteiger partial charge >= 0.3 is 0 Å². The van der Waals surface area contributed by atoms with Crippen molar-refractivity contribution < 1.29 is 28.4 Å². The fourth-order valence-electron chi connectivity index (χ4n) is 1.01. The minimum Gasteiger partial charge on any atom is -0.790 e. The number of anilines is 1. The molecule has 1 amide bonds. The Kier molecular flexibility index (Phi) is 4.65. The molecular weight excluding hydrogens is 249 g/mol. The first kappa shape index (κ1) is 13.7. The van der Waals surface area contributed by atoms with Crippen LogP contribution in [0.3, 0.4) is 0 Å². The molecule has 0 aliphatic heterocycles. The number of carbonyl (C=O) groups excluding carboxylic acids is 1. The fourth-order valence-corrected chi connectivity index (χ4v) is 1.28. The van der Waals surface area contributed by atoms with E-state index >= 15 is 0 Å². The lowest BCUT2D eigenvalue weighted by molar-refractivity contribution is -0.341. The van der Waals surface area contributed by atoms with Crippen molar-refractivity contribution >= 4 is 19.4 Å². The average molecular weight is 259 g/mol. The van der Waals surface area contributed by atoms with E-state index in [1.54, 1.807) is 24.3 Å². The number of nitrogens with one attached hydrogen (secondary N) is 1. The molecule has 0 radical (unpaired) electrons. The molecule has 1 N–H and O–H groups in total. The molecule has 0 aromatic heterocycles. The summed E-state index contributed by atoms with van der Waals surface area (Å²) in [6.07, 6.45) is 0. The highest BCUT2D eigenvalue weighted by atomic mass is 31.2. The van der Waals surface area contributed by atoms with Gasteiger partial charge in [-0.15, -0.1) is 0 Å². The van der Waals surface area contributed by atoms with Gasteiger partial charge < -0.3 is 28.9 Å². The standard InChI is InChI=1S/C9H12NO6P/c1-15-8-4-2-7(3-5-8)10-9(11)6-16-17(12,13)14/h2-5H,6H2,1H3,(H,10,11)(H2,12,13,14)/p-2. The number of carbonyl (C=O) groups is 1. The van der Waals surface area contributed by atoms with E-state index in [1.807, 2.05) is 0 Å². The van der Waals surface area contributed by atoms with Gasteiger partial charge in [-0.1, -0.05) is 0 Å². The Balaban J connectivity index is 2.47. The van der Waals surface area contributed by atoms with Gasteiger partial charge in [-0.25, -0.2) is 0 Å². The maximum atomic E-state index is 11.1. The zero-order chi connectivity index (χ0) is 12.9. The van der Waals surface area contributed by atoms with Gasteiger partial charge in [-0.2, -0.15) is 0 Å². The molecule has 0 atom stereocenters. The van der Waals surface area contributed by atoms with E-state index in [0.717, 1.165) is 0 Å². The third-order valence-electron chi connectivity index (χ3n) is 1.73. The van der Waals surface area contributed by atoms with Crippen molar-refractivity contribution in [3.63, 3.8) is 0 Å². The summed E-state index contributed by atoms with van der Waals surface area (Å²) >= 11 is 0. The van der Waals surface area contributed by atoms with E-state index in [0.29, 0.717) is 11.4 Å². The largest absolute Gasteiger partial charge is 0.790 e. The topological polar surface area (TPSA) is 111 Å². The molecule has 8 heteroatoms. The van der Waals surface area contributed by atoms with Crippen LogP contribution in [0, 0.1) is 0 Å². The minimum atomic E-state index is -5.12. The van der Waals surface area contributed by atoms with Crippen molar-refractivity contribution in [2.24, 2.45) is 0 Å². The summed E-state index contributed by atoms with van der Waals surface area (Å²) in [7, 11) is -3.62. The molecule has 7 nitrogen and oxygen atoms in total. The van der Waals surface area contributed by atoms with E-state index < -0.39 is 20.3 Å². The highest BCUT2D eigenvalue weighted by Crippen LogP contribution is 2.24. The first-order chi connectivity index (χ1) is 7.90. The van der Waals surface area contributed by atoms with Crippen LogP contribution in [0.15, 0.2) is 24.3 Å². The van der Waals surface area contributed by atoms with Crippen molar-refractivity contribution in [2.45, 2.75) is 0 Å². The van der Waals surface area contributed by atoms with Gasteiger partial charge in [0.15, 0.2) is 0 Å². The molecule has 0 heterocycles. The first-order valence-corrected chi connectivity index (χ1v) is 5.97. The Labute approximate surface area is 97.6 Å². The van der Waals surface area contributed by atoms with E-state index in [1.165, 1.54) is 7.11 Å². The molecule has 1 rings (SSSR count). The number of hydrogen-bond acceptors (Lipinski definition) is 6. The Morgan fingerprint density at radius 3 is 2.41 bits per heavy atom. The van der Waals surface area contributed by atoms with Gasteiger partial charge in [0.2, 0.25) is 0 Å². The third-order valence-corrected chi connectivity index (χ3v) is 2.17. The number of methoxy groups -OCH3 is 1. The molecule has 0 saturated heterocycles. The summed E-state index contributed by atoms with van der Waals surface area (Å²) in [5, 5.41) is 2.35. The second-order valence-electron chi connectivity index (χ2n) is 3.00. The van der Waals surface area contributed by atoms with Gasteiger partial charge in [-0.3, -0.25) is 4.79 Å². The van der Waals surface area contributed by atoms with E-state index in [2.05, 4.69) is 9.84 Å². The molecule has 17 heavy (non-hydrogen) atoms. The van der Waals surface area contributed by atoms with Gasteiger partial charge in [0.1, 0.15) is 12.4 Å². The van der Waals surface area contributed by atoms with Gasteiger partial charge in [0, 0.05) is 5.69 Å². The highest BCUT2D eigenvalue weighted by Gasteiger charge is 2.03. The molecule has 0 bridgehead atoms. The lowest BCUT2D eigenvalue weighted by Crippen LogP contribution is -2.23. The van der Waals surface area contributed by atoms with Crippen molar-refractivity contribution in [1.82, 2.24) is 0 Å². The third kappa shape index (κ3) is 5.46. The summed E-state index contributed by atoms with van der Waals surface area (Å²) in [6.45, 7) is -0.837. The molecule has 0 spiro atoms. The molecule has 94 valence electrons. The van der Waals surface area contributed by atoms with Crippen molar-refractivity contribution in [2.75, 3.05) is 19.0 Å². The Morgan fingerprint density at radius 2 is 1.94 bits per heavy atom. The second-order valence-corrected chi connectivity index (χ2v) is 4.15. The Hall–Kier alpha value is -1.40. The quantitative estimate of drug-likeness (QED) is 0.712. The molecule has 1 aromatic carbocycles. The lowest BCUT2D eigenvalue weighted by Gasteiger charge is -2.27. The molecule has 0 aliphatic rings. The minimum absolute atomic E-state index is 0.436. The van der Waals surface area contributed by atoms with Gasteiger partial charge in [-0.05, 0) is 24.3 Å². The maximum Gasteiger partial charge on any atom is 0.250 e. The average Bonchev–Trinajstić information content (AvgIpc) is 2.27. The Bertz CT molecular complexity index is 426. The number of phosphoric ester groups is 1. The van der Waals surface area contributed by atoms with Crippen molar-refractivity contribution in [1.29, 1.82) is 0 Å². The van der Waals surface area contributed by atoms with Crippen LogP contribution in [-0.4, -0.2) is 19.6 Å². The van der Waals surface area contributed by atoms with E-state index in [-0.39, 0.29) is 0 Å². The molecule has 1 aromatic rings. The molecule has 0 saturated carbocycles. The normalized spacial score (nSPS) is 11.0. The van der Waals surface area contributed by atoms with Crippen LogP contribution in [0.25, 0.3) is 0 Å². The SMILES string of the molecule is COc1ccc(NC(=O)COP(=O)([O-])[O-])cc1. The number of ether oxygens (including phenoxy) is 1.